The van der Waals surface area contributed by atoms with Gasteiger partial charge in [-0.2, -0.15) is 12.6 Å². The van der Waals surface area contributed by atoms with Crippen LogP contribution in [0.2, 0.25) is 0 Å². The highest BCUT2D eigenvalue weighted by Gasteiger charge is 2.42. The summed E-state index contributed by atoms with van der Waals surface area (Å²) in [7, 11) is 0. The molecule has 0 unspecified atom stereocenters. The fourth-order valence-electron chi connectivity index (χ4n) is 2.16. The van der Waals surface area contributed by atoms with Crippen LogP contribution in [-0.4, -0.2) is 11.7 Å². The van der Waals surface area contributed by atoms with Crippen LogP contribution in [0.3, 0.4) is 0 Å². The summed E-state index contributed by atoms with van der Waals surface area (Å²) in [5.74, 6) is 0.931. The summed E-state index contributed by atoms with van der Waals surface area (Å²) in [6.45, 7) is 2.17. The van der Waals surface area contributed by atoms with E-state index < -0.39 is 0 Å². The third-order valence-electron chi connectivity index (χ3n) is 3.60. The highest BCUT2D eigenvalue weighted by Crippen LogP contribution is 2.49. The van der Waals surface area contributed by atoms with Crippen LogP contribution in [0.1, 0.15) is 38.2 Å². The molecular weight excluding hydrogens is 242 g/mol. The van der Waals surface area contributed by atoms with E-state index in [-0.39, 0.29) is 11.3 Å². The van der Waals surface area contributed by atoms with Crippen molar-refractivity contribution >= 4 is 24.2 Å². The average molecular weight is 263 g/mol. The Bertz CT molecular complexity index is 409. The topological polar surface area (TPSA) is 29.1 Å². The Morgan fingerprint density at radius 1 is 1.33 bits per heavy atom. The van der Waals surface area contributed by atoms with Crippen molar-refractivity contribution < 1.29 is 4.79 Å². The molecule has 18 heavy (non-hydrogen) atoms. The summed E-state index contributed by atoms with van der Waals surface area (Å²) in [4.78, 5) is 11.9. The third kappa shape index (κ3) is 3.52. The molecular formula is C15H21NOS. The maximum absolute atomic E-state index is 11.9. The minimum Gasteiger partial charge on any atom is -0.326 e. The lowest BCUT2D eigenvalue weighted by Crippen LogP contribution is -2.18. The van der Waals surface area contributed by atoms with Crippen LogP contribution in [0.25, 0.3) is 0 Å². The lowest BCUT2D eigenvalue weighted by Gasteiger charge is -2.12. The molecule has 0 saturated heterocycles. The third-order valence-corrected chi connectivity index (χ3v) is 4.28. The van der Waals surface area contributed by atoms with Gasteiger partial charge in [-0.05, 0) is 48.1 Å². The first-order valence-electron chi connectivity index (χ1n) is 6.67. The number of nitrogens with one attached hydrogen (secondary N) is 1. The van der Waals surface area contributed by atoms with Gasteiger partial charge in [0.1, 0.15) is 0 Å². The Labute approximate surface area is 115 Å². The first-order chi connectivity index (χ1) is 8.67. The van der Waals surface area contributed by atoms with Crippen molar-refractivity contribution in [3.05, 3.63) is 29.8 Å². The van der Waals surface area contributed by atoms with Crippen LogP contribution in [0, 0.1) is 5.41 Å². The van der Waals surface area contributed by atoms with Gasteiger partial charge in [0.05, 0.1) is 0 Å². The number of rotatable bonds is 6. The molecule has 0 heterocycles. The molecule has 0 aliphatic heterocycles. The van der Waals surface area contributed by atoms with Crippen molar-refractivity contribution in [3.63, 3.8) is 0 Å². The predicted molar refractivity (Wildman–Crippen MR) is 79.2 cm³/mol. The molecule has 1 aromatic rings. The summed E-state index contributed by atoms with van der Waals surface area (Å²) < 4.78 is 0. The Balaban J connectivity index is 1.87. The summed E-state index contributed by atoms with van der Waals surface area (Å²) in [6, 6.07) is 8.15. The molecule has 1 N–H and O–H groups in total. The molecule has 1 aromatic carbocycles. The molecule has 2 nitrogen and oxygen atoms in total. The summed E-state index contributed by atoms with van der Waals surface area (Å²) in [5, 5.41) is 2.97. The van der Waals surface area contributed by atoms with Gasteiger partial charge in [-0.3, -0.25) is 4.79 Å². The zero-order valence-corrected chi connectivity index (χ0v) is 11.8. The number of carbonyl (C=O) groups is 1. The van der Waals surface area contributed by atoms with Crippen molar-refractivity contribution in [3.8, 4) is 0 Å². The molecule has 0 bridgehead atoms. The smallest absolute Gasteiger partial charge is 0.224 e. The van der Waals surface area contributed by atoms with E-state index in [9.17, 15) is 4.79 Å². The van der Waals surface area contributed by atoms with Gasteiger partial charge >= 0.3 is 0 Å². The second-order valence-electron chi connectivity index (χ2n) is 5.33. The van der Waals surface area contributed by atoms with E-state index in [4.69, 9.17) is 0 Å². The van der Waals surface area contributed by atoms with Crippen molar-refractivity contribution in [2.75, 3.05) is 11.1 Å². The zero-order chi connectivity index (χ0) is 13.0. The molecule has 3 heteroatoms. The molecule has 2 rings (SSSR count). The van der Waals surface area contributed by atoms with Crippen molar-refractivity contribution in [1.82, 2.24) is 0 Å². The van der Waals surface area contributed by atoms with Crippen molar-refractivity contribution in [2.24, 2.45) is 5.41 Å². The number of benzene rings is 1. The van der Waals surface area contributed by atoms with E-state index >= 15 is 0 Å². The number of aryl methyl sites for hydroxylation is 1. The molecule has 1 aliphatic rings. The van der Waals surface area contributed by atoms with Crippen LogP contribution in [0.15, 0.2) is 24.3 Å². The van der Waals surface area contributed by atoms with E-state index in [0.717, 1.165) is 37.1 Å². The van der Waals surface area contributed by atoms with E-state index in [1.165, 1.54) is 5.56 Å². The van der Waals surface area contributed by atoms with Crippen molar-refractivity contribution in [2.45, 2.75) is 39.0 Å². The van der Waals surface area contributed by atoms with Gasteiger partial charge < -0.3 is 5.32 Å². The van der Waals surface area contributed by atoms with Crippen LogP contribution >= 0.6 is 12.6 Å². The lowest BCUT2D eigenvalue weighted by molar-refractivity contribution is -0.117. The second-order valence-corrected chi connectivity index (χ2v) is 5.65. The van der Waals surface area contributed by atoms with E-state index in [1.54, 1.807) is 0 Å². The molecule has 0 aromatic heterocycles. The highest BCUT2D eigenvalue weighted by atomic mass is 32.1. The molecule has 1 fully saturated rings. The van der Waals surface area contributed by atoms with Gasteiger partial charge in [-0.1, -0.05) is 25.5 Å². The number of hydrogen-bond acceptors (Lipinski definition) is 2. The predicted octanol–water partition coefficient (Wildman–Crippen LogP) is 3.68. The summed E-state index contributed by atoms with van der Waals surface area (Å²) in [5.41, 5.74) is 2.41. The SMILES string of the molecule is CCCc1ccc(NC(=O)CC2(CS)CC2)cc1. The lowest BCUT2D eigenvalue weighted by atomic mass is 10.0. The zero-order valence-electron chi connectivity index (χ0n) is 10.9. The Hall–Kier alpha value is -0.960. The summed E-state index contributed by atoms with van der Waals surface area (Å²) >= 11 is 4.32. The largest absolute Gasteiger partial charge is 0.326 e. The van der Waals surface area contributed by atoms with E-state index in [1.807, 2.05) is 12.1 Å². The summed E-state index contributed by atoms with van der Waals surface area (Å²) in [6.07, 6.45) is 5.12. The van der Waals surface area contributed by atoms with Gasteiger partial charge in [0.25, 0.3) is 0 Å². The van der Waals surface area contributed by atoms with E-state index in [2.05, 4.69) is 37.0 Å². The van der Waals surface area contributed by atoms with Gasteiger partial charge in [0.2, 0.25) is 5.91 Å². The molecule has 0 atom stereocenters. The van der Waals surface area contributed by atoms with Crippen LogP contribution in [-0.2, 0) is 11.2 Å². The number of carbonyl (C=O) groups excluding carboxylic acids is 1. The van der Waals surface area contributed by atoms with Gasteiger partial charge in [0, 0.05) is 12.1 Å². The van der Waals surface area contributed by atoms with E-state index in [0.29, 0.717) is 6.42 Å². The minimum absolute atomic E-state index is 0.116. The van der Waals surface area contributed by atoms with Crippen LogP contribution in [0.4, 0.5) is 5.69 Å². The monoisotopic (exact) mass is 263 g/mol. The molecule has 0 spiro atoms. The molecule has 0 radical (unpaired) electrons. The van der Waals surface area contributed by atoms with Gasteiger partial charge in [0.15, 0.2) is 0 Å². The molecule has 98 valence electrons. The Morgan fingerprint density at radius 2 is 2.00 bits per heavy atom. The minimum atomic E-state index is 0.116. The fourth-order valence-corrected chi connectivity index (χ4v) is 2.58. The Kier molecular flexibility index (Phi) is 4.33. The number of hydrogen-bond donors (Lipinski definition) is 2. The number of thiol groups is 1. The quantitative estimate of drug-likeness (QED) is 0.753. The molecule has 1 aliphatic carbocycles. The number of amides is 1. The first kappa shape index (κ1) is 13.5. The Morgan fingerprint density at radius 3 is 2.50 bits per heavy atom. The normalized spacial score (nSPS) is 16.3. The maximum Gasteiger partial charge on any atom is 0.224 e. The molecule has 1 saturated carbocycles. The maximum atomic E-state index is 11.9. The van der Waals surface area contributed by atoms with Crippen molar-refractivity contribution in [1.29, 1.82) is 0 Å². The highest BCUT2D eigenvalue weighted by molar-refractivity contribution is 7.80. The standard InChI is InChI=1S/C15H21NOS/c1-2-3-12-4-6-13(7-5-12)16-14(17)10-15(11-18)8-9-15/h4-7,18H,2-3,8-11H2,1H3,(H,16,17). The van der Waals surface area contributed by atoms with Gasteiger partial charge in [-0.15, -0.1) is 0 Å². The molecule has 1 amide bonds. The fraction of sp³-hybridized carbons (Fsp3) is 0.533. The average Bonchev–Trinajstić information content (AvgIpc) is 3.12. The van der Waals surface area contributed by atoms with Crippen LogP contribution < -0.4 is 5.32 Å². The second kappa shape index (κ2) is 5.79. The van der Waals surface area contributed by atoms with Crippen LogP contribution in [0.5, 0.6) is 0 Å². The number of anilines is 1. The van der Waals surface area contributed by atoms with Gasteiger partial charge in [-0.25, -0.2) is 0 Å². The first-order valence-corrected chi connectivity index (χ1v) is 7.30.